The van der Waals surface area contributed by atoms with Crippen LogP contribution in [0.4, 0.5) is 5.69 Å². The average molecular weight is 266 g/mol. The van der Waals surface area contributed by atoms with Crippen molar-refractivity contribution in [1.29, 1.82) is 0 Å². The lowest BCUT2D eigenvalue weighted by Crippen LogP contribution is -2.15. The molecule has 1 fully saturated rings. The summed E-state index contributed by atoms with van der Waals surface area (Å²) in [5.41, 5.74) is 0.943. The highest BCUT2D eigenvalue weighted by Crippen LogP contribution is 2.28. The molecule has 0 bridgehead atoms. The maximum atomic E-state index is 10.9. The van der Waals surface area contributed by atoms with Crippen LogP contribution in [-0.4, -0.2) is 24.4 Å². The summed E-state index contributed by atoms with van der Waals surface area (Å²) in [6.07, 6.45) is 2.42. The van der Waals surface area contributed by atoms with Gasteiger partial charge in [-0.1, -0.05) is 6.07 Å². The van der Waals surface area contributed by atoms with Crippen molar-refractivity contribution >= 4 is 5.69 Å². The number of nitro groups is 1. The Morgan fingerprint density at radius 2 is 2.26 bits per heavy atom. The molecule has 0 aromatic heterocycles. The molecule has 0 unspecified atom stereocenters. The molecule has 0 atom stereocenters. The fourth-order valence-corrected chi connectivity index (χ4v) is 1.67. The second-order valence-electron chi connectivity index (χ2n) is 4.47. The van der Waals surface area contributed by atoms with E-state index >= 15 is 0 Å². The number of hydrogen-bond donors (Lipinski definition) is 1. The molecule has 0 radical (unpaired) electrons. The molecule has 1 aromatic rings. The molecule has 1 aliphatic rings. The summed E-state index contributed by atoms with van der Waals surface area (Å²) in [6, 6.07) is 5.53. The van der Waals surface area contributed by atoms with Crippen molar-refractivity contribution in [1.82, 2.24) is 5.32 Å². The molecule has 1 aliphatic carbocycles. The first-order valence-electron chi connectivity index (χ1n) is 6.42. The Labute approximate surface area is 111 Å². The Morgan fingerprint density at radius 3 is 2.89 bits per heavy atom. The van der Waals surface area contributed by atoms with Crippen LogP contribution >= 0.6 is 0 Å². The van der Waals surface area contributed by atoms with Crippen LogP contribution < -0.4 is 10.1 Å². The maximum absolute atomic E-state index is 10.9. The monoisotopic (exact) mass is 266 g/mol. The molecule has 0 spiro atoms. The summed E-state index contributed by atoms with van der Waals surface area (Å²) in [6.45, 7) is 3.08. The van der Waals surface area contributed by atoms with E-state index in [0.717, 1.165) is 5.56 Å². The first-order chi connectivity index (χ1) is 9.20. The van der Waals surface area contributed by atoms with Crippen LogP contribution in [0.15, 0.2) is 18.2 Å². The molecule has 104 valence electrons. The van der Waals surface area contributed by atoms with Gasteiger partial charge >= 0.3 is 5.69 Å². The third-order valence-electron chi connectivity index (χ3n) is 2.90. The highest BCUT2D eigenvalue weighted by atomic mass is 16.7. The van der Waals surface area contributed by atoms with Gasteiger partial charge in [-0.25, -0.2) is 0 Å². The van der Waals surface area contributed by atoms with Gasteiger partial charge in [-0.2, -0.15) is 0 Å². The van der Waals surface area contributed by atoms with E-state index < -0.39 is 4.92 Å². The fraction of sp³-hybridized carbons (Fsp3) is 0.538. The van der Waals surface area contributed by atoms with Gasteiger partial charge in [0.15, 0.2) is 12.5 Å². The van der Waals surface area contributed by atoms with Gasteiger partial charge in [0.25, 0.3) is 0 Å². The Bertz CT molecular complexity index is 446. The zero-order chi connectivity index (χ0) is 13.7. The van der Waals surface area contributed by atoms with E-state index in [9.17, 15) is 10.1 Å². The van der Waals surface area contributed by atoms with Crippen LogP contribution in [0.5, 0.6) is 5.75 Å². The molecule has 1 aromatic carbocycles. The van der Waals surface area contributed by atoms with E-state index in [1.807, 2.05) is 6.92 Å². The maximum Gasteiger partial charge on any atom is 0.311 e. The third kappa shape index (κ3) is 4.18. The lowest BCUT2D eigenvalue weighted by Gasteiger charge is -2.09. The molecule has 0 aliphatic heterocycles. The van der Waals surface area contributed by atoms with Crippen LogP contribution in [0.2, 0.25) is 0 Å². The van der Waals surface area contributed by atoms with Crippen LogP contribution in [0.25, 0.3) is 0 Å². The minimum atomic E-state index is -0.445. The van der Waals surface area contributed by atoms with Crippen molar-refractivity contribution in [2.24, 2.45) is 0 Å². The quantitative estimate of drug-likeness (QED) is 0.338. The van der Waals surface area contributed by atoms with Crippen LogP contribution in [0.1, 0.15) is 25.3 Å². The summed E-state index contributed by atoms with van der Waals surface area (Å²) in [5, 5.41) is 14.3. The molecule has 0 heterocycles. The smallest absolute Gasteiger partial charge is 0.311 e. The minimum absolute atomic E-state index is 0.0246. The number of nitro benzene ring substituents is 1. The highest BCUT2D eigenvalue weighted by molar-refractivity contribution is 5.48. The molecule has 19 heavy (non-hydrogen) atoms. The van der Waals surface area contributed by atoms with Gasteiger partial charge in [-0.05, 0) is 31.4 Å². The summed E-state index contributed by atoms with van der Waals surface area (Å²) in [7, 11) is 0. The zero-order valence-corrected chi connectivity index (χ0v) is 10.9. The van der Waals surface area contributed by atoms with Gasteiger partial charge in [0, 0.05) is 25.3 Å². The standard InChI is InChI=1S/C13H18N2O4/c1-2-18-9-19-13-7-10(8-14-11-4-5-11)3-6-12(13)15(16)17/h3,6-7,11,14H,2,4-5,8-9H2,1H3. The first kappa shape index (κ1) is 13.8. The Morgan fingerprint density at radius 1 is 1.47 bits per heavy atom. The van der Waals surface area contributed by atoms with E-state index in [1.54, 1.807) is 12.1 Å². The number of rotatable bonds is 8. The lowest BCUT2D eigenvalue weighted by atomic mass is 10.2. The summed E-state index contributed by atoms with van der Waals surface area (Å²) in [4.78, 5) is 10.5. The largest absolute Gasteiger partial charge is 0.460 e. The Kier molecular flexibility index (Phi) is 4.70. The summed E-state index contributed by atoms with van der Waals surface area (Å²) >= 11 is 0. The molecule has 0 amide bonds. The molecular weight excluding hydrogens is 248 g/mol. The van der Waals surface area contributed by atoms with Crippen LogP contribution in [0, 0.1) is 10.1 Å². The Balaban J connectivity index is 2.04. The van der Waals surface area contributed by atoms with E-state index in [2.05, 4.69) is 5.32 Å². The molecule has 6 heteroatoms. The molecule has 1 N–H and O–H groups in total. The number of nitrogens with one attached hydrogen (secondary N) is 1. The number of benzene rings is 1. The van der Waals surface area contributed by atoms with Gasteiger partial charge in [-0.3, -0.25) is 10.1 Å². The number of nitrogens with zero attached hydrogens (tertiary/aromatic N) is 1. The van der Waals surface area contributed by atoms with Crippen molar-refractivity contribution in [2.75, 3.05) is 13.4 Å². The van der Waals surface area contributed by atoms with Gasteiger partial charge in [-0.15, -0.1) is 0 Å². The van der Waals surface area contributed by atoms with Crippen molar-refractivity contribution in [3.8, 4) is 5.75 Å². The summed E-state index contributed by atoms with van der Waals surface area (Å²) in [5.74, 6) is 0.258. The van der Waals surface area contributed by atoms with E-state index in [1.165, 1.54) is 18.9 Å². The number of hydrogen-bond acceptors (Lipinski definition) is 5. The van der Waals surface area contributed by atoms with Gasteiger partial charge in [0.05, 0.1) is 4.92 Å². The van der Waals surface area contributed by atoms with Crippen molar-refractivity contribution < 1.29 is 14.4 Å². The number of ether oxygens (including phenoxy) is 2. The van der Waals surface area contributed by atoms with Gasteiger partial charge in [0.2, 0.25) is 0 Å². The zero-order valence-electron chi connectivity index (χ0n) is 10.9. The molecule has 1 saturated carbocycles. The van der Waals surface area contributed by atoms with E-state index in [4.69, 9.17) is 9.47 Å². The second kappa shape index (κ2) is 6.49. The van der Waals surface area contributed by atoms with Crippen molar-refractivity contribution in [3.05, 3.63) is 33.9 Å². The van der Waals surface area contributed by atoms with Gasteiger partial charge < -0.3 is 14.8 Å². The predicted octanol–water partition coefficient (Wildman–Crippen LogP) is 2.22. The lowest BCUT2D eigenvalue weighted by molar-refractivity contribution is -0.386. The molecule has 0 saturated heterocycles. The predicted molar refractivity (Wildman–Crippen MR) is 70.1 cm³/mol. The minimum Gasteiger partial charge on any atom is -0.460 e. The summed E-state index contributed by atoms with van der Waals surface area (Å²) < 4.78 is 10.4. The molecular formula is C13H18N2O4. The topological polar surface area (TPSA) is 73.6 Å². The van der Waals surface area contributed by atoms with Crippen LogP contribution in [-0.2, 0) is 11.3 Å². The van der Waals surface area contributed by atoms with Gasteiger partial charge in [0.1, 0.15) is 0 Å². The molecule has 6 nitrogen and oxygen atoms in total. The van der Waals surface area contributed by atoms with E-state index in [0.29, 0.717) is 19.2 Å². The van der Waals surface area contributed by atoms with E-state index in [-0.39, 0.29) is 18.2 Å². The first-order valence-corrected chi connectivity index (χ1v) is 6.42. The SMILES string of the molecule is CCOCOc1cc(CNC2CC2)ccc1[N+](=O)[O-]. The van der Waals surface area contributed by atoms with Crippen molar-refractivity contribution in [3.63, 3.8) is 0 Å². The highest BCUT2D eigenvalue weighted by Gasteiger charge is 2.21. The van der Waals surface area contributed by atoms with Crippen molar-refractivity contribution in [2.45, 2.75) is 32.4 Å². The third-order valence-corrected chi connectivity index (χ3v) is 2.90. The molecule has 2 rings (SSSR count). The normalized spacial score (nSPS) is 14.4. The van der Waals surface area contributed by atoms with Crippen LogP contribution in [0.3, 0.4) is 0 Å². The fourth-order valence-electron chi connectivity index (χ4n) is 1.67. The Hall–Kier alpha value is -1.66. The average Bonchev–Trinajstić information content (AvgIpc) is 3.20. The second-order valence-corrected chi connectivity index (χ2v) is 4.47.